The van der Waals surface area contributed by atoms with Crippen LogP contribution in [0.15, 0.2) is 28.7 Å². The Labute approximate surface area is 127 Å². The van der Waals surface area contributed by atoms with Crippen molar-refractivity contribution in [3.05, 3.63) is 40.0 Å². The third-order valence-electron chi connectivity index (χ3n) is 2.91. The van der Waals surface area contributed by atoms with Gasteiger partial charge in [-0.3, -0.25) is 0 Å². The van der Waals surface area contributed by atoms with E-state index in [4.69, 9.17) is 5.84 Å². The molecule has 0 amide bonds. The Balaban J connectivity index is 2.49. The molecule has 0 atom stereocenters. The monoisotopic (exact) mass is 334 g/mol. The van der Waals surface area contributed by atoms with Crippen molar-refractivity contribution in [3.63, 3.8) is 0 Å². The zero-order valence-corrected chi connectivity index (χ0v) is 13.5. The highest BCUT2D eigenvalue weighted by atomic mass is 79.9. The van der Waals surface area contributed by atoms with Gasteiger partial charge in [-0.2, -0.15) is 0 Å². The van der Waals surface area contributed by atoms with Crippen LogP contribution in [0.2, 0.25) is 0 Å². The van der Waals surface area contributed by atoms with Crippen molar-refractivity contribution >= 4 is 21.7 Å². The third kappa shape index (κ3) is 3.55. The van der Waals surface area contributed by atoms with E-state index < -0.39 is 0 Å². The predicted octanol–water partition coefficient (Wildman–Crippen LogP) is 3.70. The normalized spacial score (nSPS) is 10.9. The largest absolute Gasteiger partial charge is 0.308 e. The summed E-state index contributed by atoms with van der Waals surface area (Å²) in [6.45, 7) is 6.38. The molecule has 2 rings (SSSR count). The van der Waals surface area contributed by atoms with Gasteiger partial charge in [-0.25, -0.2) is 15.8 Å². The second kappa shape index (κ2) is 6.33. The molecule has 2 aromatic rings. The molecule has 1 heterocycles. The highest BCUT2D eigenvalue weighted by Crippen LogP contribution is 2.28. The fourth-order valence-electron chi connectivity index (χ4n) is 2.02. The van der Waals surface area contributed by atoms with Gasteiger partial charge in [-0.1, -0.05) is 35.8 Å². The lowest BCUT2D eigenvalue weighted by molar-refractivity contribution is 0.635. The molecule has 5 heteroatoms. The molecule has 1 aromatic heterocycles. The number of rotatable bonds is 4. The predicted molar refractivity (Wildman–Crippen MR) is 86.3 cm³/mol. The average Bonchev–Trinajstić information content (AvgIpc) is 2.37. The molecule has 0 saturated carbocycles. The van der Waals surface area contributed by atoms with Crippen LogP contribution in [0, 0.1) is 12.8 Å². The minimum Gasteiger partial charge on any atom is -0.308 e. The van der Waals surface area contributed by atoms with Crippen LogP contribution in [-0.2, 0) is 6.42 Å². The Morgan fingerprint density at radius 2 is 2.00 bits per heavy atom. The number of nitrogens with one attached hydrogen (secondary N) is 1. The summed E-state index contributed by atoms with van der Waals surface area (Å²) in [5, 5.41) is 0. The summed E-state index contributed by atoms with van der Waals surface area (Å²) >= 11 is 3.57. The van der Waals surface area contributed by atoms with Gasteiger partial charge in [0.2, 0.25) is 0 Å². The van der Waals surface area contributed by atoms with Crippen LogP contribution in [0.1, 0.15) is 25.1 Å². The zero-order valence-electron chi connectivity index (χ0n) is 11.9. The molecule has 0 saturated heterocycles. The van der Waals surface area contributed by atoms with Crippen LogP contribution in [-0.4, -0.2) is 9.97 Å². The summed E-state index contributed by atoms with van der Waals surface area (Å²) < 4.78 is 0.988. The molecular weight excluding hydrogens is 316 g/mol. The molecule has 3 N–H and O–H groups in total. The third-order valence-corrected chi connectivity index (χ3v) is 3.57. The van der Waals surface area contributed by atoms with Crippen LogP contribution in [0.4, 0.5) is 5.82 Å². The van der Waals surface area contributed by atoms with Crippen LogP contribution in [0.5, 0.6) is 0 Å². The molecule has 20 heavy (non-hydrogen) atoms. The van der Waals surface area contributed by atoms with Gasteiger partial charge in [-0.15, -0.1) is 0 Å². The Hall–Kier alpha value is -1.46. The second-order valence-electron chi connectivity index (χ2n) is 5.29. The summed E-state index contributed by atoms with van der Waals surface area (Å²) in [4.78, 5) is 9.09. The molecule has 106 valence electrons. The van der Waals surface area contributed by atoms with Gasteiger partial charge < -0.3 is 5.43 Å². The van der Waals surface area contributed by atoms with Crippen molar-refractivity contribution in [1.29, 1.82) is 0 Å². The molecule has 0 fully saturated rings. The second-order valence-corrected chi connectivity index (χ2v) is 6.15. The van der Waals surface area contributed by atoms with Crippen molar-refractivity contribution in [3.8, 4) is 11.4 Å². The van der Waals surface area contributed by atoms with Crippen LogP contribution >= 0.6 is 15.9 Å². The molecule has 0 radical (unpaired) electrons. The zero-order chi connectivity index (χ0) is 14.7. The minimum atomic E-state index is 0.532. The molecular formula is C15H19BrN4. The number of aryl methyl sites for hydroxylation is 1. The van der Waals surface area contributed by atoms with Crippen molar-refractivity contribution in [2.24, 2.45) is 11.8 Å². The number of aromatic nitrogens is 2. The van der Waals surface area contributed by atoms with Gasteiger partial charge in [0.05, 0.1) is 0 Å². The van der Waals surface area contributed by atoms with Gasteiger partial charge in [-0.05, 0) is 37.0 Å². The highest BCUT2D eigenvalue weighted by Gasteiger charge is 2.10. The van der Waals surface area contributed by atoms with Crippen molar-refractivity contribution in [2.45, 2.75) is 27.2 Å². The number of hydrogen-bond donors (Lipinski definition) is 2. The number of halogens is 1. The number of nitrogen functional groups attached to an aromatic ring is 1. The number of nitrogens with two attached hydrogens (primary N) is 1. The SMILES string of the molecule is Cc1ccc(-c2nc(CC(C)C)cc(NN)n2)c(Br)c1. The molecule has 0 aliphatic heterocycles. The number of nitrogens with zero attached hydrogens (tertiary/aromatic N) is 2. The quantitative estimate of drug-likeness (QED) is 0.661. The van der Waals surface area contributed by atoms with Crippen molar-refractivity contribution < 1.29 is 0 Å². The van der Waals surface area contributed by atoms with Crippen LogP contribution in [0.3, 0.4) is 0 Å². The number of anilines is 1. The maximum Gasteiger partial charge on any atom is 0.162 e. The topological polar surface area (TPSA) is 63.8 Å². The lowest BCUT2D eigenvalue weighted by atomic mass is 10.1. The summed E-state index contributed by atoms with van der Waals surface area (Å²) in [6.07, 6.45) is 0.897. The molecule has 0 aliphatic rings. The Morgan fingerprint density at radius 3 is 2.60 bits per heavy atom. The van der Waals surface area contributed by atoms with E-state index in [9.17, 15) is 0 Å². The first-order valence-corrected chi connectivity index (χ1v) is 7.40. The van der Waals surface area contributed by atoms with Crippen LogP contribution in [0.25, 0.3) is 11.4 Å². The highest BCUT2D eigenvalue weighted by molar-refractivity contribution is 9.10. The molecule has 1 aromatic carbocycles. The van der Waals surface area contributed by atoms with E-state index in [1.54, 1.807) is 0 Å². The van der Waals surface area contributed by atoms with E-state index in [-0.39, 0.29) is 0 Å². The van der Waals surface area contributed by atoms with Crippen LogP contribution < -0.4 is 11.3 Å². The van der Waals surface area contributed by atoms with Gasteiger partial charge in [0.15, 0.2) is 5.82 Å². The van der Waals surface area contributed by atoms with Gasteiger partial charge in [0, 0.05) is 21.8 Å². The Bertz CT molecular complexity index is 611. The average molecular weight is 335 g/mol. The van der Waals surface area contributed by atoms with Gasteiger partial charge >= 0.3 is 0 Å². The fraction of sp³-hybridized carbons (Fsp3) is 0.333. The molecule has 4 nitrogen and oxygen atoms in total. The number of hydrogen-bond acceptors (Lipinski definition) is 4. The van der Waals surface area contributed by atoms with E-state index >= 15 is 0 Å². The van der Waals surface area contributed by atoms with Gasteiger partial charge in [0.1, 0.15) is 5.82 Å². The first-order chi connectivity index (χ1) is 9.49. The maximum absolute atomic E-state index is 5.51. The standard InChI is InChI=1S/C15H19BrN4/c1-9(2)6-11-8-14(20-17)19-15(18-11)12-5-4-10(3)7-13(12)16/h4-5,7-9H,6,17H2,1-3H3,(H,18,19,20). The van der Waals surface area contributed by atoms with E-state index in [0.29, 0.717) is 17.6 Å². The molecule has 0 unspecified atom stereocenters. The van der Waals surface area contributed by atoms with Crippen molar-refractivity contribution in [1.82, 2.24) is 9.97 Å². The summed E-state index contributed by atoms with van der Waals surface area (Å²) in [7, 11) is 0. The lowest BCUT2D eigenvalue weighted by Gasteiger charge is -2.10. The fourth-order valence-corrected chi connectivity index (χ4v) is 2.69. The summed E-state index contributed by atoms with van der Waals surface area (Å²) in [5.41, 5.74) is 5.77. The van der Waals surface area contributed by atoms with E-state index in [1.807, 2.05) is 18.2 Å². The first kappa shape index (κ1) is 14.9. The molecule has 0 spiro atoms. The van der Waals surface area contributed by atoms with Gasteiger partial charge in [0.25, 0.3) is 0 Å². The molecule has 0 bridgehead atoms. The first-order valence-electron chi connectivity index (χ1n) is 6.60. The number of benzene rings is 1. The summed E-state index contributed by atoms with van der Waals surface area (Å²) in [5.74, 6) is 7.36. The lowest BCUT2D eigenvalue weighted by Crippen LogP contribution is -2.11. The van der Waals surface area contributed by atoms with E-state index in [0.717, 1.165) is 22.2 Å². The molecule has 0 aliphatic carbocycles. The van der Waals surface area contributed by atoms with E-state index in [1.165, 1.54) is 5.56 Å². The minimum absolute atomic E-state index is 0.532. The van der Waals surface area contributed by atoms with E-state index in [2.05, 4.69) is 58.2 Å². The summed E-state index contributed by atoms with van der Waals surface area (Å²) in [6, 6.07) is 8.03. The van der Waals surface area contributed by atoms with Crippen molar-refractivity contribution in [2.75, 3.05) is 5.43 Å². The Morgan fingerprint density at radius 1 is 1.25 bits per heavy atom. The Kier molecular flexibility index (Phi) is 4.73. The smallest absolute Gasteiger partial charge is 0.162 e. The maximum atomic E-state index is 5.51. The number of hydrazine groups is 1.